The normalized spacial score (nSPS) is 15.7. The van der Waals surface area contributed by atoms with Crippen molar-refractivity contribution in [3.8, 4) is 0 Å². The molecule has 0 aromatic heterocycles. The quantitative estimate of drug-likeness (QED) is 0.722. The molecule has 1 aliphatic carbocycles. The maximum atomic E-state index is 12.9. The van der Waals surface area contributed by atoms with Gasteiger partial charge in [-0.25, -0.2) is 0 Å². The summed E-state index contributed by atoms with van der Waals surface area (Å²) in [6.07, 6.45) is 9.51. The second kappa shape index (κ2) is 7.77. The predicted octanol–water partition coefficient (Wildman–Crippen LogP) is 5.07. The fourth-order valence-electron chi connectivity index (χ4n) is 3.26. The largest absolute Gasteiger partial charge is 0.306 e. The highest BCUT2D eigenvalue weighted by Gasteiger charge is 2.25. The lowest BCUT2D eigenvalue weighted by Crippen LogP contribution is -2.40. The zero-order valence-corrected chi connectivity index (χ0v) is 13.4. The molecule has 2 heteroatoms. The molecule has 0 saturated heterocycles. The van der Waals surface area contributed by atoms with Gasteiger partial charge >= 0.3 is 0 Å². The minimum atomic E-state index is 0.0759. The lowest BCUT2D eigenvalue weighted by molar-refractivity contribution is -0.114. The van der Waals surface area contributed by atoms with E-state index in [1.54, 1.807) is 6.08 Å². The van der Waals surface area contributed by atoms with Crippen LogP contribution in [0.2, 0.25) is 0 Å². The first-order valence-electron chi connectivity index (χ1n) is 8.46. The van der Waals surface area contributed by atoms with Crippen molar-refractivity contribution in [2.24, 2.45) is 0 Å². The first kappa shape index (κ1) is 15.5. The van der Waals surface area contributed by atoms with Crippen molar-refractivity contribution in [2.75, 3.05) is 4.90 Å². The third kappa shape index (κ3) is 4.10. The van der Waals surface area contributed by atoms with Crippen LogP contribution in [-0.2, 0) is 4.79 Å². The van der Waals surface area contributed by atoms with Crippen molar-refractivity contribution in [3.05, 3.63) is 72.3 Å². The summed E-state index contributed by atoms with van der Waals surface area (Å²) in [6, 6.07) is 20.4. The van der Waals surface area contributed by atoms with E-state index in [1.165, 1.54) is 19.3 Å². The van der Waals surface area contributed by atoms with Gasteiger partial charge < -0.3 is 4.90 Å². The molecule has 0 atom stereocenters. The zero-order chi connectivity index (χ0) is 15.9. The summed E-state index contributed by atoms with van der Waals surface area (Å²) in [4.78, 5) is 14.8. The molecular formula is C21H23NO. The van der Waals surface area contributed by atoms with E-state index in [0.717, 1.165) is 24.1 Å². The minimum absolute atomic E-state index is 0.0759. The average Bonchev–Trinajstić information content (AvgIpc) is 2.63. The van der Waals surface area contributed by atoms with Crippen LogP contribution >= 0.6 is 0 Å². The van der Waals surface area contributed by atoms with E-state index in [2.05, 4.69) is 0 Å². The van der Waals surface area contributed by atoms with Gasteiger partial charge in [0.2, 0.25) is 0 Å². The van der Waals surface area contributed by atoms with E-state index in [-0.39, 0.29) is 5.91 Å². The summed E-state index contributed by atoms with van der Waals surface area (Å²) in [5.74, 6) is 0.0759. The van der Waals surface area contributed by atoms with Crippen LogP contribution < -0.4 is 4.90 Å². The van der Waals surface area contributed by atoms with Gasteiger partial charge in [0.15, 0.2) is 0 Å². The second-order valence-corrected chi connectivity index (χ2v) is 6.08. The Balaban J connectivity index is 1.82. The molecule has 1 fully saturated rings. The minimum Gasteiger partial charge on any atom is -0.306 e. The molecule has 1 aliphatic rings. The van der Waals surface area contributed by atoms with E-state index < -0.39 is 0 Å². The predicted molar refractivity (Wildman–Crippen MR) is 96.3 cm³/mol. The van der Waals surface area contributed by atoms with E-state index in [0.29, 0.717) is 6.04 Å². The maximum absolute atomic E-state index is 12.9. The summed E-state index contributed by atoms with van der Waals surface area (Å²) in [5.41, 5.74) is 2.06. The second-order valence-electron chi connectivity index (χ2n) is 6.08. The van der Waals surface area contributed by atoms with E-state index in [1.807, 2.05) is 71.6 Å². The smallest absolute Gasteiger partial charge is 0.251 e. The van der Waals surface area contributed by atoms with Crippen LogP contribution in [0, 0.1) is 0 Å². The molecule has 118 valence electrons. The van der Waals surface area contributed by atoms with Crippen LogP contribution in [0.3, 0.4) is 0 Å². The number of carbonyl (C=O) groups excluding carboxylic acids is 1. The molecule has 1 saturated carbocycles. The Bertz CT molecular complexity index is 642. The first-order chi connectivity index (χ1) is 11.3. The summed E-state index contributed by atoms with van der Waals surface area (Å²) in [5, 5.41) is 0. The van der Waals surface area contributed by atoms with E-state index in [4.69, 9.17) is 0 Å². The van der Waals surface area contributed by atoms with Crippen molar-refractivity contribution < 1.29 is 4.79 Å². The number of carbonyl (C=O) groups is 1. The Labute approximate surface area is 138 Å². The van der Waals surface area contributed by atoms with Crippen molar-refractivity contribution >= 4 is 17.7 Å². The van der Waals surface area contributed by atoms with Crippen LogP contribution in [-0.4, -0.2) is 11.9 Å². The Morgan fingerprint density at radius 2 is 1.48 bits per heavy atom. The third-order valence-corrected chi connectivity index (χ3v) is 4.43. The van der Waals surface area contributed by atoms with Gasteiger partial charge in [-0.3, -0.25) is 4.79 Å². The van der Waals surface area contributed by atoms with Crippen LogP contribution in [0.4, 0.5) is 5.69 Å². The number of para-hydroxylation sites is 1. The fraction of sp³-hybridized carbons (Fsp3) is 0.286. The number of amides is 1. The number of hydrogen-bond donors (Lipinski definition) is 0. The molecule has 2 aromatic rings. The summed E-state index contributed by atoms with van der Waals surface area (Å²) in [7, 11) is 0. The van der Waals surface area contributed by atoms with Gasteiger partial charge in [0, 0.05) is 17.8 Å². The topological polar surface area (TPSA) is 20.3 Å². The van der Waals surface area contributed by atoms with Gasteiger partial charge in [-0.1, -0.05) is 67.8 Å². The monoisotopic (exact) mass is 305 g/mol. The maximum Gasteiger partial charge on any atom is 0.251 e. The molecule has 2 aromatic carbocycles. The molecule has 0 spiro atoms. The van der Waals surface area contributed by atoms with Crippen molar-refractivity contribution in [1.29, 1.82) is 0 Å². The summed E-state index contributed by atoms with van der Waals surface area (Å²) >= 11 is 0. The third-order valence-electron chi connectivity index (χ3n) is 4.43. The standard InChI is InChI=1S/C21H23NO/c23-21(17-16-18-10-4-1-5-11-18)22(19-12-6-2-7-13-19)20-14-8-3-9-15-20/h1-2,4-7,10-13,16-17,20H,3,8-9,14-15H2/b17-16-. The van der Waals surface area contributed by atoms with Gasteiger partial charge in [-0.05, 0) is 36.6 Å². The molecular weight excluding hydrogens is 282 g/mol. The highest BCUT2D eigenvalue weighted by atomic mass is 16.2. The molecule has 0 bridgehead atoms. The number of anilines is 1. The van der Waals surface area contributed by atoms with Crippen LogP contribution in [0.15, 0.2) is 66.7 Å². The van der Waals surface area contributed by atoms with Gasteiger partial charge in [-0.2, -0.15) is 0 Å². The Hall–Kier alpha value is -2.35. The highest BCUT2D eigenvalue weighted by molar-refractivity contribution is 6.04. The molecule has 1 amide bonds. The van der Waals surface area contributed by atoms with E-state index in [9.17, 15) is 4.79 Å². The van der Waals surface area contributed by atoms with Crippen molar-refractivity contribution in [2.45, 2.75) is 38.1 Å². The van der Waals surface area contributed by atoms with Crippen LogP contribution in [0.25, 0.3) is 6.08 Å². The number of nitrogens with zero attached hydrogens (tertiary/aromatic N) is 1. The van der Waals surface area contributed by atoms with E-state index >= 15 is 0 Å². The molecule has 2 nitrogen and oxygen atoms in total. The van der Waals surface area contributed by atoms with Gasteiger partial charge in [0.1, 0.15) is 0 Å². The highest BCUT2D eigenvalue weighted by Crippen LogP contribution is 2.27. The number of hydrogen-bond acceptors (Lipinski definition) is 1. The van der Waals surface area contributed by atoms with Gasteiger partial charge in [0.05, 0.1) is 0 Å². The summed E-state index contributed by atoms with van der Waals surface area (Å²) in [6.45, 7) is 0. The molecule has 0 N–H and O–H groups in total. The lowest BCUT2D eigenvalue weighted by Gasteiger charge is -2.33. The van der Waals surface area contributed by atoms with Gasteiger partial charge in [0.25, 0.3) is 5.91 Å². The zero-order valence-electron chi connectivity index (χ0n) is 13.4. The van der Waals surface area contributed by atoms with Crippen LogP contribution in [0.1, 0.15) is 37.7 Å². The Morgan fingerprint density at radius 1 is 0.870 bits per heavy atom. The fourth-order valence-corrected chi connectivity index (χ4v) is 3.26. The van der Waals surface area contributed by atoms with Crippen LogP contribution in [0.5, 0.6) is 0 Å². The van der Waals surface area contributed by atoms with Crippen molar-refractivity contribution in [3.63, 3.8) is 0 Å². The molecule has 0 unspecified atom stereocenters. The Morgan fingerprint density at radius 3 is 2.13 bits per heavy atom. The molecule has 3 rings (SSSR count). The lowest BCUT2D eigenvalue weighted by atomic mass is 9.93. The molecule has 0 aliphatic heterocycles. The SMILES string of the molecule is O=C(/C=C\c1ccccc1)N(c1ccccc1)C1CCCCC1. The average molecular weight is 305 g/mol. The number of rotatable bonds is 4. The summed E-state index contributed by atoms with van der Waals surface area (Å²) < 4.78 is 0. The van der Waals surface area contributed by atoms with Crippen molar-refractivity contribution in [1.82, 2.24) is 0 Å². The Kier molecular flexibility index (Phi) is 5.25. The molecule has 0 heterocycles. The first-order valence-corrected chi connectivity index (χ1v) is 8.46. The van der Waals surface area contributed by atoms with Gasteiger partial charge in [-0.15, -0.1) is 0 Å². The molecule has 0 radical (unpaired) electrons. The number of benzene rings is 2. The molecule has 23 heavy (non-hydrogen) atoms.